The fraction of sp³-hybridized carbons (Fsp3) is 0.900. The molecule has 0 aromatic rings. The topological polar surface area (TPSA) is 64.3 Å². The molecule has 3 N–H and O–H groups in total. The van der Waals surface area contributed by atoms with E-state index in [1.54, 1.807) is 0 Å². The lowest BCUT2D eigenvalue weighted by atomic mass is 9.81. The van der Waals surface area contributed by atoms with Crippen molar-refractivity contribution < 1.29 is 22.7 Å². The zero-order valence-electron chi connectivity index (χ0n) is 9.43. The number of carbonyl (C=O) groups excluding carboxylic acids is 1. The Kier molecular flexibility index (Phi) is 5.20. The molecule has 0 aromatic carbocycles. The SMILES string of the molecule is NC1CC(CNC(=O)CCOCC(F)(F)F)C1. The van der Waals surface area contributed by atoms with Crippen molar-refractivity contribution in [3.63, 3.8) is 0 Å². The summed E-state index contributed by atoms with van der Waals surface area (Å²) < 4.78 is 39.4. The van der Waals surface area contributed by atoms with Gasteiger partial charge in [0.1, 0.15) is 6.61 Å². The van der Waals surface area contributed by atoms with Crippen LogP contribution in [0.1, 0.15) is 19.3 Å². The van der Waals surface area contributed by atoms with Gasteiger partial charge < -0.3 is 15.8 Å². The molecular formula is C10H17F3N2O2. The predicted octanol–water partition coefficient (Wildman–Crippen LogP) is 0.809. The summed E-state index contributed by atoms with van der Waals surface area (Å²) in [7, 11) is 0. The van der Waals surface area contributed by atoms with Gasteiger partial charge in [-0.25, -0.2) is 0 Å². The van der Waals surface area contributed by atoms with E-state index in [0.717, 1.165) is 12.8 Å². The van der Waals surface area contributed by atoms with E-state index in [-0.39, 0.29) is 25.0 Å². The summed E-state index contributed by atoms with van der Waals surface area (Å²) >= 11 is 0. The molecule has 1 rings (SSSR count). The third kappa shape index (κ3) is 6.48. The van der Waals surface area contributed by atoms with E-state index in [2.05, 4.69) is 10.1 Å². The first kappa shape index (κ1) is 14.2. The Balaban J connectivity index is 1.94. The number of nitrogens with one attached hydrogen (secondary N) is 1. The van der Waals surface area contributed by atoms with E-state index in [0.29, 0.717) is 12.5 Å². The first-order chi connectivity index (χ1) is 7.87. The third-order valence-electron chi connectivity index (χ3n) is 2.60. The molecule has 1 aliphatic rings. The van der Waals surface area contributed by atoms with Crippen LogP contribution < -0.4 is 11.1 Å². The summed E-state index contributed by atoms with van der Waals surface area (Å²) in [6.07, 6.45) is -2.59. The highest BCUT2D eigenvalue weighted by molar-refractivity contribution is 5.75. The lowest BCUT2D eigenvalue weighted by Gasteiger charge is -2.32. The van der Waals surface area contributed by atoms with Gasteiger partial charge in [-0.3, -0.25) is 4.79 Å². The molecular weight excluding hydrogens is 237 g/mol. The average Bonchev–Trinajstić information content (AvgIpc) is 2.16. The van der Waals surface area contributed by atoms with Gasteiger partial charge in [-0.15, -0.1) is 0 Å². The second-order valence-corrected chi connectivity index (χ2v) is 4.32. The molecule has 0 unspecified atom stereocenters. The van der Waals surface area contributed by atoms with Crippen LogP contribution in [0.5, 0.6) is 0 Å². The van der Waals surface area contributed by atoms with Crippen LogP contribution >= 0.6 is 0 Å². The summed E-state index contributed by atoms with van der Waals surface area (Å²) in [5.74, 6) is 0.123. The maximum atomic E-state index is 11.7. The number of halogens is 3. The van der Waals surface area contributed by atoms with Crippen LogP contribution in [-0.4, -0.2) is 37.9 Å². The smallest absolute Gasteiger partial charge is 0.372 e. The van der Waals surface area contributed by atoms with Gasteiger partial charge in [0.15, 0.2) is 0 Å². The summed E-state index contributed by atoms with van der Waals surface area (Å²) in [6.45, 7) is -0.973. The molecule has 1 aliphatic carbocycles. The Labute approximate surface area is 97.7 Å². The first-order valence-corrected chi connectivity index (χ1v) is 5.53. The van der Waals surface area contributed by atoms with Crippen molar-refractivity contribution in [2.24, 2.45) is 11.7 Å². The molecule has 1 fully saturated rings. The van der Waals surface area contributed by atoms with Gasteiger partial charge in [0, 0.05) is 19.0 Å². The van der Waals surface area contributed by atoms with E-state index in [1.165, 1.54) is 0 Å². The Bertz CT molecular complexity index is 252. The van der Waals surface area contributed by atoms with Crippen molar-refractivity contribution >= 4 is 5.91 Å². The number of alkyl halides is 3. The average molecular weight is 254 g/mol. The number of nitrogens with two attached hydrogens (primary N) is 1. The second-order valence-electron chi connectivity index (χ2n) is 4.32. The molecule has 7 heteroatoms. The minimum Gasteiger partial charge on any atom is -0.372 e. The van der Waals surface area contributed by atoms with Crippen LogP contribution in [0, 0.1) is 5.92 Å². The lowest BCUT2D eigenvalue weighted by molar-refractivity contribution is -0.174. The molecule has 1 saturated carbocycles. The highest BCUT2D eigenvalue weighted by Gasteiger charge is 2.27. The fourth-order valence-corrected chi connectivity index (χ4v) is 1.65. The Morgan fingerprint density at radius 3 is 2.59 bits per heavy atom. The number of hydrogen-bond acceptors (Lipinski definition) is 3. The molecule has 0 spiro atoms. The number of ether oxygens (including phenoxy) is 1. The Hall–Kier alpha value is -0.820. The highest BCUT2D eigenvalue weighted by Crippen LogP contribution is 2.24. The summed E-state index contributed by atoms with van der Waals surface area (Å²) in [4.78, 5) is 11.2. The number of amides is 1. The summed E-state index contributed by atoms with van der Waals surface area (Å²) in [5, 5.41) is 2.65. The molecule has 0 aliphatic heterocycles. The van der Waals surface area contributed by atoms with Crippen molar-refractivity contribution in [3.8, 4) is 0 Å². The van der Waals surface area contributed by atoms with E-state index < -0.39 is 12.8 Å². The van der Waals surface area contributed by atoms with Crippen LogP contribution in [0.4, 0.5) is 13.2 Å². The van der Waals surface area contributed by atoms with E-state index in [9.17, 15) is 18.0 Å². The molecule has 17 heavy (non-hydrogen) atoms. The predicted molar refractivity (Wildman–Crippen MR) is 55.2 cm³/mol. The molecule has 0 saturated heterocycles. The van der Waals surface area contributed by atoms with Crippen molar-refractivity contribution in [2.45, 2.75) is 31.5 Å². The molecule has 0 aromatic heterocycles. The minimum atomic E-state index is -4.33. The van der Waals surface area contributed by atoms with E-state index in [1.807, 2.05) is 0 Å². The number of carbonyl (C=O) groups is 1. The molecule has 0 bridgehead atoms. The number of hydrogen-bond donors (Lipinski definition) is 2. The van der Waals surface area contributed by atoms with Crippen LogP contribution in [0.2, 0.25) is 0 Å². The molecule has 0 radical (unpaired) electrons. The first-order valence-electron chi connectivity index (χ1n) is 5.53. The van der Waals surface area contributed by atoms with Crippen molar-refractivity contribution in [1.82, 2.24) is 5.32 Å². The quantitative estimate of drug-likeness (QED) is 0.689. The Morgan fingerprint density at radius 1 is 1.41 bits per heavy atom. The maximum absolute atomic E-state index is 11.7. The summed E-state index contributed by atoms with van der Waals surface area (Å²) in [5.41, 5.74) is 5.57. The van der Waals surface area contributed by atoms with Crippen LogP contribution in [0.25, 0.3) is 0 Å². The van der Waals surface area contributed by atoms with Gasteiger partial charge in [0.2, 0.25) is 5.91 Å². The molecule has 0 atom stereocenters. The lowest BCUT2D eigenvalue weighted by Crippen LogP contribution is -2.42. The minimum absolute atomic E-state index is 0.0468. The zero-order valence-corrected chi connectivity index (χ0v) is 9.43. The zero-order chi connectivity index (χ0) is 12.9. The van der Waals surface area contributed by atoms with E-state index >= 15 is 0 Å². The molecule has 100 valence electrons. The van der Waals surface area contributed by atoms with Crippen LogP contribution in [0.15, 0.2) is 0 Å². The van der Waals surface area contributed by atoms with Gasteiger partial charge >= 0.3 is 6.18 Å². The largest absolute Gasteiger partial charge is 0.411 e. The molecule has 4 nitrogen and oxygen atoms in total. The molecule has 1 amide bonds. The van der Waals surface area contributed by atoms with Crippen molar-refractivity contribution in [1.29, 1.82) is 0 Å². The van der Waals surface area contributed by atoms with Gasteiger partial charge in [-0.2, -0.15) is 13.2 Å². The van der Waals surface area contributed by atoms with E-state index in [4.69, 9.17) is 5.73 Å². The summed E-state index contributed by atoms with van der Waals surface area (Å²) in [6, 6.07) is 0.229. The number of rotatable bonds is 6. The monoisotopic (exact) mass is 254 g/mol. The van der Waals surface area contributed by atoms with Crippen LogP contribution in [0.3, 0.4) is 0 Å². The third-order valence-corrected chi connectivity index (χ3v) is 2.60. The highest BCUT2D eigenvalue weighted by atomic mass is 19.4. The Morgan fingerprint density at radius 2 is 2.06 bits per heavy atom. The van der Waals surface area contributed by atoms with Gasteiger partial charge in [0.05, 0.1) is 6.61 Å². The maximum Gasteiger partial charge on any atom is 0.411 e. The van der Waals surface area contributed by atoms with Gasteiger partial charge in [0.25, 0.3) is 0 Å². The molecule has 0 heterocycles. The second kappa shape index (κ2) is 6.20. The van der Waals surface area contributed by atoms with Crippen molar-refractivity contribution in [3.05, 3.63) is 0 Å². The van der Waals surface area contributed by atoms with Gasteiger partial charge in [-0.1, -0.05) is 0 Å². The van der Waals surface area contributed by atoms with Gasteiger partial charge in [-0.05, 0) is 18.8 Å². The van der Waals surface area contributed by atoms with Crippen molar-refractivity contribution in [2.75, 3.05) is 19.8 Å². The normalized spacial score (nSPS) is 24.2. The van der Waals surface area contributed by atoms with Crippen LogP contribution in [-0.2, 0) is 9.53 Å². The fourth-order valence-electron chi connectivity index (χ4n) is 1.65. The standard InChI is InChI=1S/C10H17F3N2O2/c11-10(12,13)6-17-2-1-9(16)15-5-7-3-8(14)4-7/h7-8H,1-6,14H2,(H,15,16).